The van der Waals surface area contributed by atoms with Gasteiger partial charge in [-0.1, -0.05) is 0 Å². The number of hydrogen-bond donors (Lipinski definition) is 1. The van der Waals surface area contributed by atoms with Crippen molar-refractivity contribution in [3.05, 3.63) is 29.8 Å². The fourth-order valence-corrected chi connectivity index (χ4v) is 1.88. The zero-order valence-corrected chi connectivity index (χ0v) is 9.00. The summed E-state index contributed by atoms with van der Waals surface area (Å²) in [6.45, 7) is 1.99. The highest BCUT2D eigenvalue weighted by Crippen LogP contribution is 2.23. The Hall–Kier alpha value is -0.610. The zero-order valence-electron chi connectivity index (χ0n) is 8.18. The summed E-state index contributed by atoms with van der Waals surface area (Å²) >= 11 is 1.32. The van der Waals surface area contributed by atoms with Crippen LogP contribution in [0.25, 0.3) is 0 Å². The van der Waals surface area contributed by atoms with E-state index in [0.29, 0.717) is 4.90 Å². The van der Waals surface area contributed by atoms with Crippen LogP contribution in [0.5, 0.6) is 0 Å². The molecule has 1 aromatic carbocycles. The van der Waals surface area contributed by atoms with E-state index in [9.17, 15) is 8.78 Å². The molecule has 1 aromatic rings. The fourth-order valence-electron chi connectivity index (χ4n) is 0.886. The molecule has 0 aliphatic heterocycles. The number of rotatable bonds is 4. The molecule has 0 radical (unpaired) electrons. The minimum absolute atomic E-state index is 0.280. The van der Waals surface area contributed by atoms with Crippen LogP contribution in [0.2, 0.25) is 0 Å². The van der Waals surface area contributed by atoms with Crippen molar-refractivity contribution < 1.29 is 8.78 Å². The minimum Gasteiger partial charge on any atom is -0.316 e. The van der Waals surface area contributed by atoms with Crippen molar-refractivity contribution in [1.29, 1.82) is 0 Å². The Morgan fingerprint density at radius 3 is 2.79 bits per heavy atom. The van der Waals surface area contributed by atoms with Crippen LogP contribution in [-0.2, 0) is 0 Å². The highest BCUT2D eigenvalue weighted by Gasteiger charge is 2.06. The van der Waals surface area contributed by atoms with Crippen LogP contribution < -0.4 is 5.32 Å². The predicted octanol–water partition coefficient (Wildman–Crippen LogP) is 2.66. The van der Waals surface area contributed by atoms with Crippen LogP contribution in [0.15, 0.2) is 23.1 Å². The van der Waals surface area contributed by atoms with E-state index in [1.165, 1.54) is 17.8 Å². The normalized spacial score (nSPS) is 12.9. The second-order valence-corrected chi connectivity index (χ2v) is 4.14. The molecule has 78 valence electrons. The van der Waals surface area contributed by atoms with Crippen molar-refractivity contribution >= 4 is 11.8 Å². The SMILES string of the molecule is CNC(C)CSc1cc(F)ccc1F. The van der Waals surface area contributed by atoms with Gasteiger partial charge in [-0.15, -0.1) is 11.8 Å². The van der Waals surface area contributed by atoms with E-state index in [1.54, 1.807) is 0 Å². The van der Waals surface area contributed by atoms with E-state index in [0.717, 1.165) is 17.9 Å². The highest BCUT2D eigenvalue weighted by atomic mass is 32.2. The molecule has 0 saturated carbocycles. The molecule has 0 fully saturated rings. The second kappa shape index (κ2) is 5.32. The molecule has 0 aliphatic carbocycles. The standard InChI is InChI=1S/C10H13F2NS/c1-7(13-2)6-14-10-5-8(11)3-4-9(10)12/h3-5,7,13H,6H2,1-2H3. The van der Waals surface area contributed by atoms with E-state index in [4.69, 9.17) is 0 Å². The Morgan fingerprint density at radius 2 is 2.14 bits per heavy atom. The fraction of sp³-hybridized carbons (Fsp3) is 0.400. The van der Waals surface area contributed by atoms with Gasteiger partial charge in [0.1, 0.15) is 11.6 Å². The Kier molecular flexibility index (Phi) is 4.35. The van der Waals surface area contributed by atoms with Crippen molar-refractivity contribution in [2.45, 2.75) is 17.9 Å². The number of benzene rings is 1. The lowest BCUT2D eigenvalue weighted by molar-refractivity contribution is 0.576. The lowest BCUT2D eigenvalue weighted by Gasteiger charge is -2.09. The monoisotopic (exact) mass is 217 g/mol. The summed E-state index contributed by atoms with van der Waals surface area (Å²) in [7, 11) is 1.84. The third-order valence-corrected chi connectivity index (χ3v) is 3.17. The van der Waals surface area contributed by atoms with Crippen LogP contribution in [0.4, 0.5) is 8.78 Å². The lowest BCUT2D eigenvalue weighted by Crippen LogP contribution is -2.23. The Bertz CT molecular complexity index is 304. The average Bonchev–Trinajstić information content (AvgIpc) is 2.19. The van der Waals surface area contributed by atoms with Crippen molar-refractivity contribution in [2.24, 2.45) is 0 Å². The van der Waals surface area contributed by atoms with Gasteiger partial charge >= 0.3 is 0 Å². The Morgan fingerprint density at radius 1 is 1.43 bits per heavy atom. The van der Waals surface area contributed by atoms with E-state index < -0.39 is 5.82 Å². The number of nitrogens with one attached hydrogen (secondary N) is 1. The third kappa shape index (κ3) is 3.27. The van der Waals surface area contributed by atoms with Gasteiger partial charge in [-0.2, -0.15) is 0 Å². The molecule has 14 heavy (non-hydrogen) atoms. The van der Waals surface area contributed by atoms with Gasteiger partial charge in [0.15, 0.2) is 0 Å². The lowest BCUT2D eigenvalue weighted by atomic mass is 10.3. The summed E-state index contributed by atoms with van der Waals surface area (Å²) in [5.41, 5.74) is 0. The molecule has 1 rings (SSSR count). The maximum absolute atomic E-state index is 13.1. The van der Waals surface area contributed by atoms with Gasteiger partial charge < -0.3 is 5.32 Å². The summed E-state index contributed by atoms with van der Waals surface area (Å²) in [6, 6.07) is 3.79. The molecule has 0 aliphatic rings. The smallest absolute Gasteiger partial charge is 0.136 e. The molecule has 1 unspecified atom stereocenters. The molecule has 1 atom stereocenters. The minimum atomic E-state index is -0.397. The summed E-state index contributed by atoms with van der Waals surface area (Å²) in [5.74, 6) is -0.0395. The summed E-state index contributed by atoms with van der Waals surface area (Å²) < 4.78 is 25.9. The molecule has 0 amide bonds. The average molecular weight is 217 g/mol. The topological polar surface area (TPSA) is 12.0 Å². The van der Waals surface area contributed by atoms with Gasteiger partial charge in [-0.3, -0.25) is 0 Å². The van der Waals surface area contributed by atoms with Gasteiger partial charge in [-0.25, -0.2) is 8.78 Å². The van der Waals surface area contributed by atoms with Crippen molar-refractivity contribution in [3.8, 4) is 0 Å². The van der Waals surface area contributed by atoms with Gasteiger partial charge in [-0.05, 0) is 32.2 Å². The quantitative estimate of drug-likeness (QED) is 0.778. The molecule has 0 bridgehead atoms. The van der Waals surface area contributed by atoms with E-state index >= 15 is 0 Å². The highest BCUT2D eigenvalue weighted by molar-refractivity contribution is 7.99. The molecule has 0 heterocycles. The van der Waals surface area contributed by atoms with Crippen LogP contribution in [-0.4, -0.2) is 18.8 Å². The van der Waals surface area contributed by atoms with Gasteiger partial charge in [0.25, 0.3) is 0 Å². The third-order valence-electron chi connectivity index (χ3n) is 1.87. The zero-order chi connectivity index (χ0) is 10.6. The number of hydrogen-bond acceptors (Lipinski definition) is 2. The van der Waals surface area contributed by atoms with E-state index in [2.05, 4.69) is 5.32 Å². The molecule has 4 heteroatoms. The number of thioether (sulfide) groups is 1. The molecule has 0 spiro atoms. The molecule has 1 nitrogen and oxygen atoms in total. The largest absolute Gasteiger partial charge is 0.316 e. The van der Waals surface area contributed by atoms with E-state index in [1.807, 2.05) is 14.0 Å². The molecule has 0 saturated heterocycles. The summed E-state index contributed by atoms with van der Waals surface area (Å²) in [6.07, 6.45) is 0. The molecule has 1 N–H and O–H groups in total. The van der Waals surface area contributed by atoms with Gasteiger partial charge in [0.2, 0.25) is 0 Å². The molecular formula is C10H13F2NS. The molecular weight excluding hydrogens is 204 g/mol. The predicted molar refractivity (Wildman–Crippen MR) is 55.6 cm³/mol. The van der Waals surface area contributed by atoms with E-state index in [-0.39, 0.29) is 11.9 Å². The van der Waals surface area contributed by atoms with Crippen LogP contribution in [0.3, 0.4) is 0 Å². The first-order valence-electron chi connectivity index (χ1n) is 4.38. The summed E-state index contributed by atoms with van der Waals surface area (Å²) in [4.78, 5) is 0.368. The second-order valence-electron chi connectivity index (χ2n) is 3.08. The maximum atomic E-state index is 13.1. The Balaban J connectivity index is 2.62. The van der Waals surface area contributed by atoms with Crippen molar-refractivity contribution in [2.75, 3.05) is 12.8 Å². The van der Waals surface area contributed by atoms with Crippen LogP contribution >= 0.6 is 11.8 Å². The van der Waals surface area contributed by atoms with Gasteiger partial charge in [0, 0.05) is 16.7 Å². The summed E-state index contributed by atoms with van der Waals surface area (Å²) in [5, 5.41) is 3.03. The molecule has 0 aromatic heterocycles. The van der Waals surface area contributed by atoms with Crippen LogP contribution in [0.1, 0.15) is 6.92 Å². The first-order valence-corrected chi connectivity index (χ1v) is 5.37. The van der Waals surface area contributed by atoms with Crippen molar-refractivity contribution in [1.82, 2.24) is 5.32 Å². The maximum Gasteiger partial charge on any atom is 0.136 e. The van der Waals surface area contributed by atoms with Crippen LogP contribution in [0, 0.1) is 11.6 Å². The van der Waals surface area contributed by atoms with Gasteiger partial charge in [0.05, 0.1) is 0 Å². The van der Waals surface area contributed by atoms with Crippen molar-refractivity contribution in [3.63, 3.8) is 0 Å². The first-order chi connectivity index (χ1) is 6.63. The Labute approximate surface area is 86.9 Å². The first kappa shape index (κ1) is 11.5. The number of halogens is 2.